The number of nitrogens with zero attached hydrogens (tertiary/aromatic N) is 5. The molecule has 1 fully saturated rings. The number of nitrogens with one attached hydrogen (secondary N) is 2. The molecule has 33 heavy (non-hydrogen) atoms. The number of aliphatic hydroxyl groups is 1. The van der Waals surface area contributed by atoms with Gasteiger partial charge in [0.2, 0.25) is 11.9 Å². The van der Waals surface area contributed by atoms with Gasteiger partial charge in [-0.15, -0.1) is 0 Å². The molecule has 9 nitrogen and oxygen atoms in total. The summed E-state index contributed by atoms with van der Waals surface area (Å²) in [6, 6.07) is 7.77. The number of rotatable bonds is 5. The van der Waals surface area contributed by atoms with Gasteiger partial charge in [0.1, 0.15) is 4.60 Å². The Balaban J connectivity index is 1.51. The summed E-state index contributed by atoms with van der Waals surface area (Å²) in [5, 5.41) is 22.4. The molecule has 0 saturated heterocycles. The molecule has 1 aromatic carbocycles. The van der Waals surface area contributed by atoms with Crippen LogP contribution in [-0.2, 0) is 11.4 Å². The van der Waals surface area contributed by atoms with Crippen LogP contribution < -0.4 is 10.6 Å². The number of carbonyl (C=O) groups is 1. The lowest BCUT2D eigenvalue weighted by atomic mass is 9.87. The number of aromatic nitrogens is 5. The van der Waals surface area contributed by atoms with E-state index in [1.54, 1.807) is 24.1 Å². The third-order valence-electron chi connectivity index (χ3n) is 6.41. The summed E-state index contributed by atoms with van der Waals surface area (Å²) in [7, 11) is 1.68. The van der Waals surface area contributed by atoms with Crippen molar-refractivity contribution in [3.8, 4) is 5.69 Å². The first kappa shape index (κ1) is 21.7. The van der Waals surface area contributed by atoms with E-state index in [-0.39, 0.29) is 24.0 Å². The molecule has 2 atom stereocenters. The highest BCUT2D eigenvalue weighted by Gasteiger charge is 2.40. The van der Waals surface area contributed by atoms with E-state index < -0.39 is 0 Å². The van der Waals surface area contributed by atoms with E-state index in [2.05, 4.69) is 41.6 Å². The molecule has 0 unspecified atom stereocenters. The number of anilines is 1. The van der Waals surface area contributed by atoms with Gasteiger partial charge in [0.05, 0.1) is 23.2 Å². The fourth-order valence-electron chi connectivity index (χ4n) is 4.67. The van der Waals surface area contributed by atoms with Crippen molar-refractivity contribution in [3.05, 3.63) is 46.8 Å². The van der Waals surface area contributed by atoms with Crippen molar-refractivity contribution in [2.24, 2.45) is 5.41 Å². The maximum Gasteiger partial charge on any atom is 0.225 e. The topological polar surface area (TPSA) is 118 Å². The van der Waals surface area contributed by atoms with Crippen molar-refractivity contribution in [1.82, 2.24) is 30.0 Å². The van der Waals surface area contributed by atoms with E-state index in [0.717, 1.165) is 40.4 Å². The quantitative estimate of drug-likeness (QED) is 0.377. The zero-order valence-electron chi connectivity index (χ0n) is 18.3. The van der Waals surface area contributed by atoms with Gasteiger partial charge in [-0.1, -0.05) is 13.0 Å². The lowest BCUT2D eigenvalue weighted by Crippen LogP contribution is -2.35. The molecule has 3 aromatic heterocycles. The predicted molar refractivity (Wildman–Crippen MR) is 129 cm³/mol. The van der Waals surface area contributed by atoms with Crippen LogP contribution in [0.25, 0.3) is 27.6 Å². The van der Waals surface area contributed by atoms with Crippen molar-refractivity contribution >= 4 is 49.7 Å². The Morgan fingerprint density at radius 1 is 1.36 bits per heavy atom. The van der Waals surface area contributed by atoms with Gasteiger partial charge < -0.3 is 15.7 Å². The Labute approximate surface area is 198 Å². The van der Waals surface area contributed by atoms with Crippen LogP contribution in [0, 0.1) is 5.41 Å². The third-order valence-corrected chi connectivity index (χ3v) is 7.00. The van der Waals surface area contributed by atoms with E-state index in [1.807, 2.05) is 31.2 Å². The predicted octanol–water partition coefficient (Wildman–Crippen LogP) is 3.34. The summed E-state index contributed by atoms with van der Waals surface area (Å²) in [5.74, 6) is 0.558. The van der Waals surface area contributed by atoms with Gasteiger partial charge in [-0.05, 0) is 53.4 Å². The molecule has 1 aliphatic rings. The minimum Gasteiger partial charge on any atom is -0.392 e. The Morgan fingerprint density at radius 3 is 3.00 bits per heavy atom. The van der Waals surface area contributed by atoms with Crippen LogP contribution >= 0.6 is 15.9 Å². The molecule has 5 rings (SSSR count). The summed E-state index contributed by atoms with van der Waals surface area (Å²) >= 11 is 3.51. The fraction of sp³-hybridized carbons (Fsp3) is 0.348. The Hall–Kier alpha value is -3.11. The molecule has 0 aliphatic heterocycles. The maximum absolute atomic E-state index is 12.2. The van der Waals surface area contributed by atoms with Gasteiger partial charge in [-0.3, -0.25) is 9.78 Å². The Morgan fingerprint density at radius 2 is 2.21 bits per heavy atom. The molecule has 1 amide bonds. The van der Waals surface area contributed by atoms with Gasteiger partial charge in [-0.25, -0.2) is 9.67 Å². The minimum atomic E-state index is -0.388. The maximum atomic E-state index is 12.2. The van der Waals surface area contributed by atoms with Gasteiger partial charge in [0, 0.05) is 41.8 Å². The Kier molecular flexibility index (Phi) is 5.49. The molecule has 0 spiro atoms. The molecular formula is C23H24BrN7O2. The molecule has 4 aromatic rings. The number of hydrogen-bond acceptors (Lipinski definition) is 7. The average Bonchev–Trinajstić information content (AvgIpc) is 3.37. The molecule has 1 aliphatic carbocycles. The van der Waals surface area contributed by atoms with E-state index in [0.29, 0.717) is 22.6 Å². The molecule has 10 heteroatoms. The number of aliphatic hydroxyl groups excluding tert-OH is 1. The zero-order valence-corrected chi connectivity index (χ0v) is 19.9. The van der Waals surface area contributed by atoms with E-state index in [1.165, 1.54) is 0 Å². The highest BCUT2D eigenvalue weighted by molar-refractivity contribution is 9.10. The highest BCUT2D eigenvalue weighted by atomic mass is 79.9. The van der Waals surface area contributed by atoms with Crippen LogP contribution in [0.2, 0.25) is 0 Å². The lowest BCUT2D eigenvalue weighted by molar-refractivity contribution is -0.129. The third kappa shape index (κ3) is 3.83. The number of benzene rings is 1. The molecular weight excluding hydrogens is 486 g/mol. The summed E-state index contributed by atoms with van der Waals surface area (Å²) in [6.07, 6.45) is 5.84. The molecule has 0 bridgehead atoms. The second-order valence-electron chi connectivity index (χ2n) is 8.70. The number of amides is 1. The van der Waals surface area contributed by atoms with Crippen molar-refractivity contribution in [3.63, 3.8) is 0 Å². The molecule has 3 heterocycles. The smallest absolute Gasteiger partial charge is 0.225 e. The lowest BCUT2D eigenvalue weighted by Gasteiger charge is -2.22. The SMILES string of the molecule is CNC(=O)[C@]1(C)CC[C@@H](Nc2ncc3c(Br)nn(-c4cc(CO)c5ncccc5c4)c3n2)C1. The molecule has 1 saturated carbocycles. The van der Waals surface area contributed by atoms with Gasteiger partial charge in [0.15, 0.2) is 5.65 Å². The first-order valence-corrected chi connectivity index (χ1v) is 11.6. The largest absolute Gasteiger partial charge is 0.392 e. The van der Waals surface area contributed by atoms with Crippen molar-refractivity contribution < 1.29 is 9.90 Å². The minimum absolute atomic E-state index is 0.0654. The van der Waals surface area contributed by atoms with Crippen LogP contribution in [0.4, 0.5) is 5.95 Å². The van der Waals surface area contributed by atoms with Crippen molar-refractivity contribution in [1.29, 1.82) is 0 Å². The summed E-state index contributed by atoms with van der Waals surface area (Å²) in [6.45, 7) is 1.87. The monoisotopic (exact) mass is 509 g/mol. The van der Waals surface area contributed by atoms with Gasteiger partial charge in [0.25, 0.3) is 0 Å². The Bertz CT molecular complexity index is 1370. The van der Waals surface area contributed by atoms with E-state index in [4.69, 9.17) is 4.98 Å². The van der Waals surface area contributed by atoms with Crippen molar-refractivity contribution in [2.45, 2.75) is 38.8 Å². The highest BCUT2D eigenvalue weighted by Crippen LogP contribution is 2.39. The number of carbonyl (C=O) groups excluding carboxylic acids is 1. The standard InChI is InChI=1S/C23H24BrN7O2/c1-23(21(33)25-2)6-5-15(10-23)28-22-27-11-17-19(24)30-31(20(17)29-22)16-8-13-4-3-7-26-18(13)14(9-16)12-32/h3-4,7-9,11,15,32H,5-6,10,12H2,1-2H3,(H,25,33)(H,27,28,29)/t15-,23-/m1/s1. The van der Waals surface area contributed by atoms with Crippen LogP contribution in [0.5, 0.6) is 0 Å². The molecule has 0 radical (unpaired) electrons. The average molecular weight is 510 g/mol. The number of hydrogen-bond donors (Lipinski definition) is 3. The van der Waals surface area contributed by atoms with Gasteiger partial charge >= 0.3 is 0 Å². The first-order valence-electron chi connectivity index (χ1n) is 10.8. The van der Waals surface area contributed by atoms with Crippen LogP contribution in [0.3, 0.4) is 0 Å². The summed E-state index contributed by atoms with van der Waals surface area (Å²) in [4.78, 5) is 25.9. The van der Waals surface area contributed by atoms with Crippen LogP contribution in [-0.4, -0.2) is 48.8 Å². The first-order chi connectivity index (χ1) is 15.9. The molecule has 3 N–H and O–H groups in total. The number of pyridine rings is 1. The number of halogens is 1. The van der Waals surface area contributed by atoms with Gasteiger partial charge in [-0.2, -0.15) is 10.1 Å². The zero-order chi connectivity index (χ0) is 23.2. The van der Waals surface area contributed by atoms with E-state index >= 15 is 0 Å². The van der Waals surface area contributed by atoms with Crippen LogP contribution in [0.1, 0.15) is 31.7 Å². The second-order valence-corrected chi connectivity index (χ2v) is 9.45. The summed E-state index contributed by atoms with van der Waals surface area (Å²) in [5.41, 5.74) is 2.50. The normalized spacial score (nSPS) is 20.4. The second kappa shape index (κ2) is 8.35. The van der Waals surface area contributed by atoms with Crippen molar-refractivity contribution in [2.75, 3.05) is 12.4 Å². The van der Waals surface area contributed by atoms with E-state index in [9.17, 15) is 9.90 Å². The number of fused-ring (bicyclic) bond motifs is 2. The van der Waals surface area contributed by atoms with Crippen LogP contribution in [0.15, 0.2) is 41.3 Å². The fourth-order valence-corrected chi connectivity index (χ4v) is 5.10. The molecule has 170 valence electrons. The summed E-state index contributed by atoms with van der Waals surface area (Å²) < 4.78 is 2.37.